The quantitative estimate of drug-likeness (QED) is 0.786. The summed E-state index contributed by atoms with van der Waals surface area (Å²) in [4.78, 5) is 14.5. The molecule has 1 unspecified atom stereocenters. The zero-order valence-corrected chi connectivity index (χ0v) is 16.1. The van der Waals surface area contributed by atoms with Crippen molar-refractivity contribution in [1.29, 1.82) is 0 Å². The van der Waals surface area contributed by atoms with E-state index in [-0.39, 0.29) is 5.92 Å². The second-order valence-electron chi connectivity index (χ2n) is 8.69. The maximum Gasteiger partial charge on any atom is 0.340 e. The number of benzene rings is 1. The first-order valence-corrected chi connectivity index (χ1v) is 10.2. The zero-order chi connectivity index (χ0) is 19.0. The van der Waals surface area contributed by atoms with Crippen molar-refractivity contribution in [2.24, 2.45) is 17.8 Å². The van der Waals surface area contributed by atoms with Crippen molar-refractivity contribution in [3.8, 4) is 11.8 Å². The standard InChI is InChI=1S/C23H29NO3/c1-16-9-10-21(23(27,22(25)26)20-7-2-3-8-20)17(12-16)6-4-5-11-24-14-18-13-19(18)15-24/h9-10,12,18-20,27H,2-3,6-8,11,13-15H2,1H3,(H,25,26)/t18-,19+,23?. The van der Waals surface area contributed by atoms with E-state index in [1.54, 1.807) is 6.07 Å². The molecule has 1 aromatic rings. The van der Waals surface area contributed by atoms with Crippen LogP contribution in [-0.4, -0.2) is 40.7 Å². The molecule has 4 rings (SSSR count). The number of nitrogens with zero attached hydrogens (tertiary/aromatic N) is 1. The highest BCUT2D eigenvalue weighted by Gasteiger charge is 2.47. The molecule has 4 nitrogen and oxygen atoms in total. The molecule has 3 aliphatic rings. The molecule has 144 valence electrons. The lowest BCUT2D eigenvalue weighted by molar-refractivity contribution is -0.166. The Morgan fingerprint density at radius 1 is 1.22 bits per heavy atom. The molecule has 2 aliphatic carbocycles. The molecular weight excluding hydrogens is 338 g/mol. The summed E-state index contributed by atoms with van der Waals surface area (Å²) in [5, 5.41) is 21.1. The predicted molar refractivity (Wildman–Crippen MR) is 104 cm³/mol. The maximum atomic E-state index is 12.1. The van der Waals surface area contributed by atoms with Gasteiger partial charge in [0.05, 0.1) is 6.54 Å². The van der Waals surface area contributed by atoms with Crippen LogP contribution in [0.1, 0.15) is 48.8 Å². The van der Waals surface area contributed by atoms with E-state index in [2.05, 4.69) is 16.7 Å². The summed E-state index contributed by atoms with van der Waals surface area (Å²) in [7, 11) is 0. The lowest BCUT2D eigenvalue weighted by Crippen LogP contribution is -2.43. The van der Waals surface area contributed by atoms with Gasteiger partial charge in [-0.1, -0.05) is 48.4 Å². The molecular formula is C23H29NO3. The topological polar surface area (TPSA) is 60.8 Å². The van der Waals surface area contributed by atoms with Gasteiger partial charge >= 0.3 is 5.97 Å². The molecule has 0 aromatic heterocycles. The molecule has 1 aliphatic heterocycles. The van der Waals surface area contributed by atoms with Gasteiger partial charge in [-0.2, -0.15) is 0 Å². The van der Waals surface area contributed by atoms with E-state index in [4.69, 9.17) is 0 Å². The Morgan fingerprint density at radius 3 is 2.59 bits per heavy atom. The Bertz CT molecular complexity index is 777. The first-order chi connectivity index (χ1) is 13.0. The molecule has 1 heterocycles. The van der Waals surface area contributed by atoms with Crippen LogP contribution in [0.3, 0.4) is 0 Å². The maximum absolute atomic E-state index is 12.1. The van der Waals surface area contributed by atoms with Gasteiger partial charge in [-0.15, -0.1) is 0 Å². The number of likely N-dealkylation sites (tertiary alicyclic amines) is 1. The largest absolute Gasteiger partial charge is 0.479 e. The summed E-state index contributed by atoms with van der Waals surface area (Å²) in [6.07, 6.45) is 5.38. The summed E-state index contributed by atoms with van der Waals surface area (Å²) in [5.74, 6) is 6.95. The van der Waals surface area contributed by atoms with E-state index < -0.39 is 11.6 Å². The highest BCUT2D eigenvalue weighted by molar-refractivity contribution is 5.80. The minimum Gasteiger partial charge on any atom is -0.479 e. The van der Waals surface area contributed by atoms with Crippen molar-refractivity contribution in [2.75, 3.05) is 19.6 Å². The number of hydrogen-bond acceptors (Lipinski definition) is 3. The number of rotatable bonds is 5. The number of aliphatic hydroxyl groups is 1. The van der Waals surface area contributed by atoms with Crippen molar-refractivity contribution in [1.82, 2.24) is 4.90 Å². The van der Waals surface area contributed by atoms with Gasteiger partial charge in [-0.05, 0) is 49.1 Å². The van der Waals surface area contributed by atoms with Gasteiger partial charge in [-0.3, -0.25) is 4.90 Å². The smallest absolute Gasteiger partial charge is 0.340 e. The molecule has 2 N–H and O–H groups in total. The van der Waals surface area contributed by atoms with Crippen LogP contribution in [0.15, 0.2) is 18.2 Å². The lowest BCUT2D eigenvalue weighted by atomic mass is 9.77. The molecule has 0 bridgehead atoms. The van der Waals surface area contributed by atoms with Crippen LogP contribution in [0.5, 0.6) is 0 Å². The molecule has 27 heavy (non-hydrogen) atoms. The fraction of sp³-hybridized carbons (Fsp3) is 0.609. The van der Waals surface area contributed by atoms with Crippen LogP contribution >= 0.6 is 0 Å². The summed E-state index contributed by atoms with van der Waals surface area (Å²) in [5.41, 5.74) is 0.638. The number of carboxylic acids is 1. The summed E-state index contributed by atoms with van der Waals surface area (Å²) < 4.78 is 0. The summed E-state index contributed by atoms with van der Waals surface area (Å²) >= 11 is 0. The van der Waals surface area contributed by atoms with Crippen LogP contribution in [-0.2, 0) is 16.8 Å². The average molecular weight is 367 g/mol. The third-order valence-corrected chi connectivity index (χ3v) is 6.70. The molecule has 3 atom stereocenters. The minimum atomic E-state index is -1.81. The fourth-order valence-corrected chi connectivity index (χ4v) is 5.04. The third-order valence-electron chi connectivity index (χ3n) is 6.70. The highest BCUT2D eigenvalue weighted by atomic mass is 16.4. The third kappa shape index (κ3) is 3.63. The van der Waals surface area contributed by atoms with Gasteiger partial charge in [0.25, 0.3) is 0 Å². The molecule has 1 saturated heterocycles. The fourth-order valence-electron chi connectivity index (χ4n) is 5.04. The molecule has 3 fully saturated rings. The molecule has 0 radical (unpaired) electrons. The Hall–Kier alpha value is -1.83. The second kappa shape index (κ2) is 7.30. The van der Waals surface area contributed by atoms with Gasteiger partial charge in [0, 0.05) is 25.4 Å². The molecule has 4 heteroatoms. The predicted octanol–water partition coefficient (Wildman–Crippen LogP) is 2.96. The van der Waals surface area contributed by atoms with Gasteiger partial charge in [0.2, 0.25) is 0 Å². The van der Waals surface area contributed by atoms with Crippen molar-refractivity contribution in [2.45, 2.75) is 51.0 Å². The van der Waals surface area contributed by atoms with E-state index in [0.29, 0.717) is 12.0 Å². The number of carbonyl (C=O) groups is 1. The van der Waals surface area contributed by atoms with E-state index in [0.717, 1.165) is 55.2 Å². The lowest BCUT2D eigenvalue weighted by Gasteiger charge is -2.32. The van der Waals surface area contributed by atoms with Crippen molar-refractivity contribution in [3.05, 3.63) is 34.9 Å². The van der Waals surface area contributed by atoms with E-state index in [1.165, 1.54) is 19.5 Å². The van der Waals surface area contributed by atoms with Gasteiger partial charge < -0.3 is 10.2 Å². The Balaban J connectivity index is 1.53. The van der Waals surface area contributed by atoms with Crippen LogP contribution in [0, 0.1) is 36.5 Å². The molecule has 0 amide bonds. The number of piperidine rings is 1. The van der Waals surface area contributed by atoms with Crippen LogP contribution in [0.25, 0.3) is 0 Å². The Labute approximate surface area is 161 Å². The van der Waals surface area contributed by atoms with Gasteiger partial charge in [0.1, 0.15) is 0 Å². The number of fused-ring (bicyclic) bond motifs is 1. The molecule has 1 aromatic carbocycles. The monoisotopic (exact) mass is 367 g/mol. The van der Waals surface area contributed by atoms with Crippen LogP contribution in [0.4, 0.5) is 0 Å². The number of aliphatic carboxylic acids is 1. The van der Waals surface area contributed by atoms with Gasteiger partial charge in [0.15, 0.2) is 5.60 Å². The first-order valence-electron chi connectivity index (χ1n) is 10.2. The molecule has 0 spiro atoms. The van der Waals surface area contributed by atoms with Gasteiger partial charge in [-0.25, -0.2) is 4.79 Å². The van der Waals surface area contributed by atoms with Crippen LogP contribution < -0.4 is 0 Å². The Morgan fingerprint density at radius 2 is 1.93 bits per heavy atom. The molecule has 2 saturated carbocycles. The number of hydrogen-bond donors (Lipinski definition) is 2. The average Bonchev–Trinajstić information content (AvgIpc) is 3.04. The summed E-state index contributed by atoms with van der Waals surface area (Å²) in [6.45, 7) is 5.14. The number of aryl methyl sites for hydroxylation is 1. The van der Waals surface area contributed by atoms with Crippen LogP contribution in [0.2, 0.25) is 0 Å². The SMILES string of the molecule is Cc1ccc(C(O)(C(=O)O)C2CCCC2)c(CC#CCN2C[C@H]3C[C@H]3C2)c1. The van der Waals surface area contributed by atoms with Crippen molar-refractivity contribution in [3.63, 3.8) is 0 Å². The van der Waals surface area contributed by atoms with Crippen molar-refractivity contribution >= 4 is 5.97 Å². The van der Waals surface area contributed by atoms with E-state index >= 15 is 0 Å². The second-order valence-corrected chi connectivity index (χ2v) is 8.69. The minimum absolute atomic E-state index is 0.222. The Kier molecular flexibility index (Phi) is 5.01. The van der Waals surface area contributed by atoms with E-state index in [9.17, 15) is 15.0 Å². The number of carboxylic acid groups (broad SMARTS) is 1. The normalized spacial score (nSPS) is 26.9. The van der Waals surface area contributed by atoms with Crippen molar-refractivity contribution < 1.29 is 15.0 Å². The zero-order valence-electron chi connectivity index (χ0n) is 16.1. The first kappa shape index (κ1) is 18.5. The highest BCUT2D eigenvalue weighted by Crippen LogP contribution is 2.44. The van der Waals surface area contributed by atoms with E-state index in [1.807, 2.05) is 19.1 Å². The summed E-state index contributed by atoms with van der Waals surface area (Å²) in [6, 6.07) is 5.68.